The van der Waals surface area contributed by atoms with Crippen LogP contribution in [0.3, 0.4) is 0 Å². The summed E-state index contributed by atoms with van der Waals surface area (Å²) in [7, 11) is 3.11. The molecule has 4 nitrogen and oxygen atoms in total. The van der Waals surface area contributed by atoms with E-state index in [1.54, 1.807) is 32.4 Å². The highest BCUT2D eigenvalue weighted by molar-refractivity contribution is 5.97. The lowest BCUT2D eigenvalue weighted by atomic mass is 10.1. The van der Waals surface area contributed by atoms with Gasteiger partial charge in [0.05, 0.1) is 25.8 Å². The van der Waals surface area contributed by atoms with Crippen molar-refractivity contribution in [2.75, 3.05) is 14.2 Å². The van der Waals surface area contributed by atoms with Crippen LogP contribution in [0.15, 0.2) is 42.5 Å². The zero-order chi connectivity index (χ0) is 16.1. The fourth-order valence-electron chi connectivity index (χ4n) is 2.20. The van der Waals surface area contributed by atoms with Crippen LogP contribution in [-0.4, -0.2) is 20.1 Å². The highest BCUT2D eigenvalue weighted by atomic mass is 16.5. The summed E-state index contributed by atoms with van der Waals surface area (Å²) < 4.78 is 10.4. The Morgan fingerprint density at radius 2 is 1.73 bits per heavy atom. The molecule has 0 bridgehead atoms. The predicted molar refractivity (Wildman–Crippen MR) is 86.6 cm³/mol. The summed E-state index contributed by atoms with van der Waals surface area (Å²) in [6.07, 6.45) is 0. The average Bonchev–Trinajstić information content (AvgIpc) is 2.54. The molecule has 2 rings (SSSR count). The first-order valence-corrected chi connectivity index (χ1v) is 7.14. The van der Waals surface area contributed by atoms with E-state index in [0.717, 1.165) is 5.56 Å². The van der Waals surface area contributed by atoms with Gasteiger partial charge < -0.3 is 14.8 Å². The first kappa shape index (κ1) is 15.9. The van der Waals surface area contributed by atoms with E-state index in [1.807, 2.05) is 38.1 Å². The minimum atomic E-state index is -0.191. The quantitative estimate of drug-likeness (QED) is 0.919. The lowest BCUT2D eigenvalue weighted by molar-refractivity contribution is 0.0936. The van der Waals surface area contributed by atoms with Gasteiger partial charge in [-0.15, -0.1) is 0 Å². The topological polar surface area (TPSA) is 47.6 Å². The molecule has 0 fully saturated rings. The van der Waals surface area contributed by atoms with Gasteiger partial charge in [-0.1, -0.05) is 29.8 Å². The van der Waals surface area contributed by atoms with Crippen LogP contribution in [0.4, 0.5) is 0 Å². The Labute approximate surface area is 131 Å². The molecule has 116 valence electrons. The highest BCUT2D eigenvalue weighted by Gasteiger charge is 2.16. The Hall–Kier alpha value is -2.49. The molecular weight excluding hydrogens is 278 g/mol. The maximum absolute atomic E-state index is 12.5. The van der Waals surface area contributed by atoms with E-state index in [0.29, 0.717) is 17.1 Å². The third-order valence-electron chi connectivity index (χ3n) is 3.58. The zero-order valence-electron chi connectivity index (χ0n) is 13.3. The Kier molecular flexibility index (Phi) is 5.04. The normalized spacial score (nSPS) is 11.6. The molecule has 4 heteroatoms. The summed E-state index contributed by atoms with van der Waals surface area (Å²) in [4.78, 5) is 12.5. The summed E-state index contributed by atoms with van der Waals surface area (Å²) in [6, 6.07) is 13.2. The van der Waals surface area contributed by atoms with Gasteiger partial charge in [0.2, 0.25) is 0 Å². The van der Waals surface area contributed by atoms with Crippen LogP contribution >= 0.6 is 0 Å². The molecule has 0 aliphatic heterocycles. The predicted octanol–water partition coefficient (Wildman–Crippen LogP) is 3.50. The van der Waals surface area contributed by atoms with Gasteiger partial charge >= 0.3 is 0 Å². The molecule has 0 aliphatic carbocycles. The van der Waals surface area contributed by atoms with Crippen LogP contribution in [0, 0.1) is 6.92 Å². The second kappa shape index (κ2) is 6.98. The molecule has 1 atom stereocenters. The molecule has 0 heterocycles. The number of hydrogen-bond donors (Lipinski definition) is 1. The second-order valence-corrected chi connectivity index (χ2v) is 5.17. The van der Waals surface area contributed by atoms with Crippen molar-refractivity contribution < 1.29 is 14.3 Å². The number of ether oxygens (including phenoxy) is 2. The number of nitrogens with one attached hydrogen (secondary N) is 1. The lowest BCUT2D eigenvalue weighted by Gasteiger charge is -2.16. The molecule has 0 radical (unpaired) electrons. The van der Waals surface area contributed by atoms with E-state index in [9.17, 15) is 4.79 Å². The molecule has 0 spiro atoms. The fraction of sp³-hybridized carbons (Fsp3) is 0.278. The monoisotopic (exact) mass is 299 g/mol. The standard InChI is InChI=1S/C18H21NO3/c1-12-5-7-14(8-6-12)13(2)19-18(20)16-11-15(21-3)9-10-17(16)22-4/h5-11,13H,1-4H3,(H,19,20). The molecule has 0 aliphatic rings. The Morgan fingerprint density at radius 3 is 2.32 bits per heavy atom. The van der Waals surface area contributed by atoms with Crippen molar-refractivity contribution in [2.45, 2.75) is 19.9 Å². The summed E-state index contributed by atoms with van der Waals surface area (Å²) in [5, 5.41) is 2.98. The first-order valence-electron chi connectivity index (χ1n) is 7.14. The molecule has 1 unspecified atom stereocenters. The van der Waals surface area contributed by atoms with Gasteiger partial charge in [0, 0.05) is 0 Å². The van der Waals surface area contributed by atoms with Crippen LogP contribution in [0.2, 0.25) is 0 Å². The van der Waals surface area contributed by atoms with Crippen molar-refractivity contribution in [2.24, 2.45) is 0 Å². The van der Waals surface area contributed by atoms with E-state index in [-0.39, 0.29) is 11.9 Å². The lowest BCUT2D eigenvalue weighted by Crippen LogP contribution is -2.27. The number of aryl methyl sites for hydroxylation is 1. The van der Waals surface area contributed by atoms with Gasteiger partial charge in [-0.3, -0.25) is 4.79 Å². The summed E-state index contributed by atoms with van der Waals surface area (Å²) in [5.41, 5.74) is 2.71. The van der Waals surface area contributed by atoms with Crippen molar-refractivity contribution in [3.05, 3.63) is 59.2 Å². The number of carbonyl (C=O) groups is 1. The number of rotatable bonds is 5. The van der Waals surface area contributed by atoms with E-state index >= 15 is 0 Å². The van der Waals surface area contributed by atoms with Crippen molar-refractivity contribution >= 4 is 5.91 Å². The average molecular weight is 299 g/mol. The molecule has 2 aromatic rings. The minimum absolute atomic E-state index is 0.0935. The molecular formula is C18H21NO3. The molecule has 1 N–H and O–H groups in total. The minimum Gasteiger partial charge on any atom is -0.497 e. The van der Waals surface area contributed by atoms with Gasteiger partial charge in [0.15, 0.2) is 0 Å². The molecule has 0 saturated carbocycles. The number of hydrogen-bond acceptors (Lipinski definition) is 3. The van der Waals surface area contributed by atoms with Crippen LogP contribution < -0.4 is 14.8 Å². The van der Waals surface area contributed by atoms with Gasteiger partial charge in [-0.05, 0) is 37.6 Å². The Balaban J connectivity index is 2.19. The van der Waals surface area contributed by atoms with Crippen LogP contribution in [0.5, 0.6) is 11.5 Å². The van der Waals surface area contributed by atoms with Gasteiger partial charge in [0.25, 0.3) is 5.91 Å². The smallest absolute Gasteiger partial charge is 0.255 e. The Bertz CT molecular complexity index is 650. The van der Waals surface area contributed by atoms with E-state index < -0.39 is 0 Å². The zero-order valence-corrected chi connectivity index (χ0v) is 13.3. The van der Waals surface area contributed by atoms with Gasteiger partial charge in [0.1, 0.15) is 11.5 Å². The number of amides is 1. The van der Waals surface area contributed by atoms with E-state index in [2.05, 4.69) is 5.32 Å². The third-order valence-corrected chi connectivity index (χ3v) is 3.58. The van der Waals surface area contributed by atoms with Crippen LogP contribution in [0.25, 0.3) is 0 Å². The second-order valence-electron chi connectivity index (χ2n) is 5.17. The maximum Gasteiger partial charge on any atom is 0.255 e. The fourth-order valence-corrected chi connectivity index (χ4v) is 2.20. The number of methoxy groups -OCH3 is 2. The van der Waals surface area contributed by atoms with E-state index in [1.165, 1.54) is 5.56 Å². The third kappa shape index (κ3) is 3.58. The maximum atomic E-state index is 12.5. The number of carbonyl (C=O) groups excluding carboxylic acids is 1. The van der Waals surface area contributed by atoms with Gasteiger partial charge in [-0.2, -0.15) is 0 Å². The molecule has 22 heavy (non-hydrogen) atoms. The largest absolute Gasteiger partial charge is 0.497 e. The molecule has 1 amide bonds. The van der Waals surface area contributed by atoms with Crippen LogP contribution in [-0.2, 0) is 0 Å². The molecule has 0 aromatic heterocycles. The first-order chi connectivity index (χ1) is 10.5. The van der Waals surface area contributed by atoms with Crippen molar-refractivity contribution in [1.82, 2.24) is 5.32 Å². The number of benzene rings is 2. The summed E-state index contributed by atoms with van der Waals surface area (Å²) in [6.45, 7) is 3.99. The van der Waals surface area contributed by atoms with Crippen LogP contribution in [0.1, 0.15) is 34.5 Å². The van der Waals surface area contributed by atoms with Crippen molar-refractivity contribution in [1.29, 1.82) is 0 Å². The van der Waals surface area contributed by atoms with Crippen molar-refractivity contribution in [3.8, 4) is 11.5 Å². The molecule has 0 saturated heterocycles. The summed E-state index contributed by atoms with van der Waals surface area (Å²) >= 11 is 0. The highest BCUT2D eigenvalue weighted by Crippen LogP contribution is 2.24. The summed E-state index contributed by atoms with van der Waals surface area (Å²) in [5.74, 6) is 0.951. The Morgan fingerprint density at radius 1 is 1.05 bits per heavy atom. The van der Waals surface area contributed by atoms with Gasteiger partial charge in [-0.25, -0.2) is 0 Å². The van der Waals surface area contributed by atoms with Crippen molar-refractivity contribution in [3.63, 3.8) is 0 Å². The van der Waals surface area contributed by atoms with E-state index in [4.69, 9.17) is 9.47 Å². The SMILES string of the molecule is COc1ccc(OC)c(C(=O)NC(C)c2ccc(C)cc2)c1. The molecule has 2 aromatic carbocycles.